The van der Waals surface area contributed by atoms with Gasteiger partial charge in [0.25, 0.3) is 0 Å². The molecule has 18 heavy (non-hydrogen) atoms. The van der Waals surface area contributed by atoms with Crippen molar-refractivity contribution >= 4 is 5.69 Å². The van der Waals surface area contributed by atoms with Crippen LogP contribution in [-0.4, -0.2) is 42.4 Å². The van der Waals surface area contributed by atoms with E-state index in [9.17, 15) is 5.11 Å². The van der Waals surface area contributed by atoms with Crippen LogP contribution < -0.4 is 10.5 Å². The van der Waals surface area contributed by atoms with Gasteiger partial charge in [0.2, 0.25) is 0 Å². The molecule has 1 heterocycles. The molecular formula is C14H22N2O2. The maximum Gasteiger partial charge on any atom is 0.119 e. The van der Waals surface area contributed by atoms with Crippen LogP contribution in [0.15, 0.2) is 24.3 Å². The van der Waals surface area contributed by atoms with Gasteiger partial charge in [0, 0.05) is 18.8 Å². The second kappa shape index (κ2) is 6.07. The molecule has 0 aromatic heterocycles. The Kier molecular flexibility index (Phi) is 4.44. The summed E-state index contributed by atoms with van der Waals surface area (Å²) >= 11 is 0. The first-order chi connectivity index (χ1) is 8.63. The third-order valence-electron chi connectivity index (χ3n) is 3.30. The lowest BCUT2D eigenvalue weighted by molar-refractivity contribution is 0.0749. The number of nitrogens with two attached hydrogens (primary N) is 1. The normalized spacial score (nSPS) is 22.0. The highest BCUT2D eigenvalue weighted by Gasteiger charge is 2.20. The zero-order chi connectivity index (χ0) is 13.0. The van der Waals surface area contributed by atoms with Crippen molar-refractivity contribution in [2.45, 2.75) is 19.4 Å². The second-order valence-electron chi connectivity index (χ2n) is 5.19. The molecule has 1 aliphatic rings. The van der Waals surface area contributed by atoms with Gasteiger partial charge in [-0.2, -0.15) is 0 Å². The Bertz CT molecular complexity index is 367. The Labute approximate surface area is 108 Å². The van der Waals surface area contributed by atoms with Crippen LogP contribution in [0.1, 0.15) is 13.3 Å². The molecule has 2 atom stereocenters. The molecule has 4 heteroatoms. The highest BCUT2D eigenvalue weighted by molar-refractivity contribution is 5.41. The fourth-order valence-corrected chi connectivity index (χ4v) is 2.30. The number of hydrogen-bond donors (Lipinski definition) is 2. The van der Waals surface area contributed by atoms with Crippen LogP contribution >= 0.6 is 0 Å². The highest BCUT2D eigenvalue weighted by Crippen LogP contribution is 2.16. The lowest BCUT2D eigenvalue weighted by Gasteiger charge is -2.20. The Morgan fingerprint density at radius 2 is 2.17 bits per heavy atom. The second-order valence-corrected chi connectivity index (χ2v) is 5.19. The third kappa shape index (κ3) is 3.89. The smallest absolute Gasteiger partial charge is 0.119 e. The number of likely N-dealkylation sites (tertiary alicyclic amines) is 1. The summed E-state index contributed by atoms with van der Waals surface area (Å²) in [6.07, 6.45) is 0.791. The van der Waals surface area contributed by atoms with Crippen molar-refractivity contribution in [3.8, 4) is 5.75 Å². The van der Waals surface area contributed by atoms with Crippen LogP contribution in [0, 0.1) is 5.92 Å². The van der Waals surface area contributed by atoms with Gasteiger partial charge in [0.05, 0.1) is 0 Å². The number of hydrogen-bond acceptors (Lipinski definition) is 4. The monoisotopic (exact) mass is 250 g/mol. The molecule has 3 N–H and O–H groups in total. The van der Waals surface area contributed by atoms with E-state index in [1.807, 2.05) is 12.1 Å². The molecule has 0 saturated carbocycles. The van der Waals surface area contributed by atoms with Crippen molar-refractivity contribution in [1.82, 2.24) is 4.90 Å². The number of nitrogens with zero attached hydrogens (tertiary/aromatic N) is 1. The fourth-order valence-electron chi connectivity index (χ4n) is 2.30. The largest absolute Gasteiger partial charge is 0.491 e. The molecule has 4 nitrogen and oxygen atoms in total. The molecule has 0 bridgehead atoms. The molecule has 0 aliphatic carbocycles. The first-order valence-corrected chi connectivity index (χ1v) is 6.52. The van der Waals surface area contributed by atoms with E-state index in [0.29, 0.717) is 18.8 Å². The summed E-state index contributed by atoms with van der Waals surface area (Å²) < 4.78 is 5.53. The third-order valence-corrected chi connectivity index (χ3v) is 3.30. The summed E-state index contributed by atoms with van der Waals surface area (Å²) in [5, 5.41) is 9.92. The summed E-state index contributed by atoms with van der Waals surface area (Å²) in [6, 6.07) is 7.23. The maximum absolute atomic E-state index is 9.92. The van der Waals surface area contributed by atoms with E-state index in [1.54, 1.807) is 12.1 Å². The first kappa shape index (κ1) is 13.2. The minimum Gasteiger partial charge on any atom is -0.491 e. The Morgan fingerprint density at radius 3 is 2.78 bits per heavy atom. The van der Waals surface area contributed by atoms with E-state index >= 15 is 0 Å². The van der Waals surface area contributed by atoms with Crippen LogP contribution in [-0.2, 0) is 0 Å². The van der Waals surface area contributed by atoms with E-state index in [1.165, 1.54) is 6.42 Å². The van der Waals surface area contributed by atoms with E-state index in [-0.39, 0.29) is 0 Å². The first-order valence-electron chi connectivity index (χ1n) is 6.52. The van der Waals surface area contributed by atoms with Crippen molar-refractivity contribution in [3.05, 3.63) is 24.3 Å². The molecule has 2 unspecified atom stereocenters. The van der Waals surface area contributed by atoms with E-state index in [4.69, 9.17) is 10.5 Å². The zero-order valence-corrected chi connectivity index (χ0v) is 10.9. The fraction of sp³-hybridized carbons (Fsp3) is 0.571. The minimum absolute atomic E-state index is 0.328. The lowest BCUT2D eigenvalue weighted by Crippen LogP contribution is -2.34. The highest BCUT2D eigenvalue weighted by atomic mass is 16.5. The van der Waals surface area contributed by atoms with Crippen LogP contribution in [0.2, 0.25) is 0 Å². The number of rotatable bonds is 5. The van der Waals surface area contributed by atoms with Gasteiger partial charge < -0.3 is 20.5 Å². The average Bonchev–Trinajstić information content (AvgIpc) is 2.74. The zero-order valence-electron chi connectivity index (χ0n) is 10.9. The summed E-state index contributed by atoms with van der Waals surface area (Å²) in [6.45, 7) is 5.43. The van der Waals surface area contributed by atoms with Crippen molar-refractivity contribution < 1.29 is 9.84 Å². The molecular weight excluding hydrogens is 228 g/mol. The van der Waals surface area contributed by atoms with Gasteiger partial charge in [-0.3, -0.25) is 0 Å². The molecule has 0 spiro atoms. The molecule has 1 aliphatic heterocycles. The Morgan fingerprint density at radius 1 is 1.44 bits per heavy atom. The Hall–Kier alpha value is -1.26. The van der Waals surface area contributed by atoms with Gasteiger partial charge in [-0.25, -0.2) is 0 Å². The Balaban J connectivity index is 1.71. The summed E-state index contributed by atoms with van der Waals surface area (Å²) in [7, 11) is 0. The van der Waals surface area contributed by atoms with Crippen molar-refractivity contribution in [2.24, 2.45) is 5.92 Å². The van der Waals surface area contributed by atoms with Crippen molar-refractivity contribution in [2.75, 3.05) is 32.0 Å². The van der Waals surface area contributed by atoms with Crippen molar-refractivity contribution in [3.63, 3.8) is 0 Å². The molecule has 0 amide bonds. The van der Waals surface area contributed by atoms with E-state index in [0.717, 1.165) is 24.8 Å². The molecule has 1 fully saturated rings. The van der Waals surface area contributed by atoms with E-state index in [2.05, 4.69) is 11.8 Å². The average molecular weight is 250 g/mol. The molecule has 2 rings (SSSR count). The van der Waals surface area contributed by atoms with E-state index < -0.39 is 6.10 Å². The number of anilines is 1. The summed E-state index contributed by atoms with van der Waals surface area (Å²) in [5.74, 6) is 1.49. The number of ether oxygens (including phenoxy) is 1. The number of benzene rings is 1. The van der Waals surface area contributed by atoms with Gasteiger partial charge in [-0.1, -0.05) is 6.92 Å². The molecule has 100 valence electrons. The minimum atomic E-state index is -0.437. The van der Waals surface area contributed by atoms with Crippen LogP contribution in [0.25, 0.3) is 0 Å². The van der Waals surface area contributed by atoms with Gasteiger partial charge >= 0.3 is 0 Å². The number of nitrogen functional groups attached to an aromatic ring is 1. The maximum atomic E-state index is 9.92. The summed E-state index contributed by atoms with van der Waals surface area (Å²) in [4.78, 5) is 2.29. The van der Waals surface area contributed by atoms with Crippen LogP contribution in [0.4, 0.5) is 5.69 Å². The van der Waals surface area contributed by atoms with Crippen LogP contribution in [0.5, 0.6) is 5.75 Å². The number of aliphatic hydroxyl groups is 1. The molecule has 1 aromatic carbocycles. The lowest BCUT2D eigenvalue weighted by atomic mass is 10.2. The topological polar surface area (TPSA) is 58.7 Å². The van der Waals surface area contributed by atoms with Gasteiger partial charge in [0.1, 0.15) is 18.5 Å². The number of aliphatic hydroxyl groups excluding tert-OH is 1. The predicted octanol–water partition coefficient (Wildman–Crippen LogP) is 1.35. The van der Waals surface area contributed by atoms with Crippen LogP contribution in [0.3, 0.4) is 0 Å². The molecule has 1 aromatic rings. The molecule has 0 radical (unpaired) electrons. The molecule has 1 saturated heterocycles. The summed E-state index contributed by atoms with van der Waals surface area (Å²) in [5.41, 5.74) is 6.31. The quantitative estimate of drug-likeness (QED) is 0.775. The predicted molar refractivity (Wildman–Crippen MR) is 72.6 cm³/mol. The standard InChI is InChI=1S/C14H22N2O2/c1-11-6-7-16(8-11)9-13(17)10-18-14-4-2-12(15)3-5-14/h2-5,11,13,17H,6-10,15H2,1H3. The van der Waals surface area contributed by atoms with Gasteiger partial charge in [-0.15, -0.1) is 0 Å². The van der Waals surface area contributed by atoms with Gasteiger partial charge in [0.15, 0.2) is 0 Å². The van der Waals surface area contributed by atoms with Crippen molar-refractivity contribution in [1.29, 1.82) is 0 Å². The SMILES string of the molecule is CC1CCN(CC(O)COc2ccc(N)cc2)C1. The number of β-amino-alcohol motifs (C(OH)–C–C–N with tert-alkyl or cyclic N) is 1. The van der Waals surface area contributed by atoms with Gasteiger partial charge in [-0.05, 0) is 43.1 Å².